The van der Waals surface area contributed by atoms with Crippen LogP contribution in [0.5, 0.6) is 0 Å². The molecule has 84 valence electrons. The highest BCUT2D eigenvalue weighted by Gasteiger charge is 1.94. The first kappa shape index (κ1) is 11.5. The molecule has 17 heavy (non-hydrogen) atoms. The molecule has 2 nitrogen and oxygen atoms in total. The van der Waals surface area contributed by atoms with Gasteiger partial charge in [-0.3, -0.25) is 9.98 Å². The fourth-order valence-corrected chi connectivity index (χ4v) is 2.06. The van der Waals surface area contributed by atoms with Crippen molar-refractivity contribution < 1.29 is 0 Å². The summed E-state index contributed by atoms with van der Waals surface area (Å²) in [6, 6.07) is 11.7. The van der Waals surface area contributed by atoms with Gasteiger partial charge in [-0.2, -0.15) is 0 Å². The van der Waals surface area contributed by atoms with Gasteiger partial charge < -0.3 is 0 Å². The lowest BCUT2D eigenvalue weighted by Gasteiger charge is -1.93. The lowest BCUT2D eigenvalue weighted by atomic mass is 10.3. The molecule has 1 heterocycles. The summed E-state index contributed by atoms with van der Waals surface area (Å²) in [6.45, 7) is 7.20. The molecule has 0 atom stereocenters. The molecule has 0 N–H and O–H groups in total. The van der Waals surface area contributed by atoms with Crippen LogP contribution in [0, 0.1) is 0 Å². The molecule has 0 saturated carbocycles. The SMILES string of the molecule is C=Cc1ccc(C=Nc2ccc(N=C)cc2)s1. The van der Waals surface area contributed by atoms with Crippen LogP contribution in [0.1, 0.15) is 9.75 Å². The summed E-state index contributed by atoms with van der Waals surface area (Å²) in [4.78, 5) is 10.5. The third-order valence-electron chi connectivity index (χ3n) is 2.22. The zero-order chi connectivity index (χ0) is 12.1. The molecule has 1 aromatic heterocycles. The predicted molar refractivity (Wildman–Crippen MR) is 77.3 cm³/mol. The third-order valence-corrected chi connectivity index (χ3v) is 3.24. The average Bonchev–Trinajstić information content (AvgIpc) is 2.85. The monoisotopic (exact) mass is 240 g/mol. The Hall–Kier alpha value is -2.00. The van der Waals surface area contributed by atoms with Crippen molar-refractivity contribution in [2.75, 3.05) is 0 Å². The Balaban J connectivity index is 2.13. The zero-order valence-electron chi connectivity index (χ0n) is 9.34. The van der Waals surface area contributed by atoms with Gasteiger partial charge in [0.05, 0.1) is 11.4 Å². The number of hydrogen-bond donors (Lipinski definition) is 0. The molecule has 1 aromatic carbocycles. The van der Waals surface area contributed by atoms with E-state index < -0.39 is 0 Å². The van der Waals surface area contributed by atoms with Crippen molar-refractivity contribution in [1.29, 1.82) is 0 Å². The lowest BCUT2D eigenvalue weighted by Crippen LogP contribution is -1.71. The van der Waals surface area contributed by atoms with E-state index in [9.17, 15) is 0 Å². The summed E-state index contributed by atoms with van der Waals surface area (Å²) >= 11 is 1.66. The van der Waals surface area contributed by atoms with Crippen LogP contribution in [0.25, 0.3) is 6.08 Å². The molecule has 2 aromatic rings. The van der Waals surface area contributed by atoms with E-state index in [0.29, 0.717) is 0 Å². The summed E-state index contributed by atoms with van der Waals surface area (Å²) in [7, 11) is 0. The Labute approximate surface area is 105 Å². The Kier molecular flexibility index (Phi) is 3.62. The lowest BCUT2D eigenvalue weighted by molar-refractivity contribution is 1.49. The maximum Gasteiger partial charge on any atom is 0.0631 e. The molecule has 0 fully saturated rings. The Morgan fingerprint density at radius 1 is 0.941 bits per heavy atom. The van der Waals surface area contributed by atoms with Crippen LogP contribution in [0.3, 0.4) is 0 Å². The van der Waals surface area contributed by atoms with E-state index in [0.717, 1.165) is 21.1 Å². The Bertz CT molecular complexity index is 550. The second kappa shape index (κ2) is 5.37. The van der Waals surface area contributed by atoms with Gasteiger partial charge in [-0.1, -0.05) is 12.7 Å². The molecule has 0 aliphatic carbocycles. The molecule has 0 radical (unpaired) electrons. The van der Waals surface area contributed by atoms with E-state index in [1.165, 1.54) is 0 Å². The van der Waals surface area contributed by atoms with Gasteiger partial charge in [-0.25, -0.2) is 0 Å². The van der Waals surface area contributed by atoms with Crippen LogP contribution in [0.15, 0.2) is 53.0 Å². The van der Waals surface area contributed by atoms with Crippen molar-refractivity contribution in [3.8, 4) is 0 Å². The van der Waals surface area contributed by atoms with Crippen LogP contribution in [0.2, 0.25) is 0 Å². The van der Waals surface area contributed by atoms with E-state index in [-0.39, 0.29) is 0 Å². The van der Waals surface area contributed by atoms with Crippen molar-refractivity contribution >= 4 is 41.7 Å². The fraction of sp³-hybridized carbons (Fsp3) is 0. The first-order valence-corrected chi connectivity index (χ1v) is 5.96. The first-order valence-electron chi connectivity index (χ1n) is 5.15. The topological polar surface area (TPSA) is 24.7 Å². The van der Waals surface area contributed by atoms with E-state index in [1.807, 2.05) is 48.7 Å². The smallest absolute Gasteiger partial charge is 0.0631 e. The number of rotatable bonds is 4. The number of hydrogen-bond acceptors (Lipinski definition) is 3. The Morgan fingerprint density at radius 3 is 2.18 bits per heavy atom. The van der Waals surface area contributed by atoms with Gasteiger partial charge in [0, 0.05) is 16.0 Å². The van der Waals surface area contributed by atoms with Gasteiger partial charge >= 0.3 is 0 Å². The summed E-state index contributed by atoms with van der Waals surface area (Å²) in [5.74, 6) is 0. The highest BCUT2D eigenvalue weighted by atomic mass is 32.1. The van der Waals surface area contributed by atoms with Crippen molar-refractivity contribution in [2.24, 2.45) is 9.98 Å². The van der Waals surface area contributed by atoms with Crippen molar-refractivity contribution in [1.82, 2.24) is 0 Å². The van der Waals surface area contributed by atoms with Crippen molar-refractivity contribution in [3.05, 3.63) is 52.7 Å². The van der Waals surface area contributed by atoms with E-state index in [2.05, 4.69) is 23.3 Å². The second-order valence-corrected chi connectivity index (χ2v) is 4.52. The number of nitrogens with zero attached hydrogens (tertiary/aromatic N) is 2. The van der Waals surface area contributed by atoms with E-state index >= 15 is 0 Å². The summed E-state index contributed by atoms with van der Waals surface area (Å²) in [5.41, 5.74) is 1.76. The van der Waals surface area contributed by atoms with Gasteiger partial charge in [0.2, 0.25) is 0 Å². The highest BCUT2D eigenvalue weighted by Crippen LogP contribution is 2.19. The minimum absolute atomic E-state index is 0.856. The second-order valence-electron chi connectivity index (χ2n) is 3.38. The normalized spacial score (nSPS) is 10.6. The molecule has 0 aliphatic heterocycles. The standard InChI is InChI=1S/C14H12N2S/c1-3-13-8-9-14(17-13)10-16-12-6-4-11(15-2)5-7-12/h3-10H,1-2H2. The largest absolute Gasteiger partial charge is 0.265 e. The van der Waals surface area contributed by atoms with Crippen molar-refractivity contribution in [2.45, 2.75) is 0 Å². The molecule has 0 spiro atoms. The number of thiophene rings is 1. The molecule has 3 heteroatoms. The maximum atomic E-state index is 4.39. The van der Waals surface area contributed by atoms with Crippen LogP contribution in [-0.2, 0) is 0 Å². The number of aliphatic imine (C=N–C) groups is 2. The number of benzene rings is 1. The van der Waals surface area contributed by atoms with E-state index in [4.69, 9.17) is 0 Å². The predicted octanol–water partition coefficient (Wildman–Crippen LogP) is 4.47. The molecule has 0 aliphatic rings. The van der Waals surface area contributed by atoms with Gasteiger partial charge in [-0.15, -0.1) is 11.3 Å². The molecule has 0 saturated heterocycles. The molecular weight excluding hydrogens is 228 g/mol. The Morgan fingerprint density at radius 2 is 1.59 bits per heavy atom. The maximum absolute atomic E-state index is 4.39. The van der Waals surface area contributed by atoms with Crippen LogP contribution >= 0.6 is 11.3 Å². The fourth-order valence-electron chi connectivity index (χ4n) is 1.33. The highest BCUT2D eigenvalue weighted by molar-refractivity contribution is 7.14. The minimum Gasteiger partial charge on any atom is -0.265 e. The van der Waals surface area contributed by atoms with E-state index in [1.54, 1.807) is 11.3 Å². The van der Waals surface area contributed by atoms with Crippen LogP contribution in [0.4, 0.5) is 11.4 Å². The summed E-state index contributed by atoms with van der Waals surface area (Å²) in [5, 5.41) is 0. The molecule has 0 unspecified atom stereocenters. The average molecular weight is 240 g/mol. The quantitative estimate of drug-likeness (QED) is 0.704. The molecular formula is C14H12N2S. The molecule has 2 rings (SSSR count). The van der Waals surface area contributed by atoms with Gasteiger partial charge in [0.1, 0.15) is 0 Å². The molecule has 0 bridgehead atoms. The van der Waals surface area contributed by atoms with Crippen LogP contribution in [-0.4, -0.2) is 12.9 Å². The third kappa shape index (κ3) is 2.98. The van der Waals surface area contributed by atoms with Gasteiger partial charge in [0.15, 0.2) is 0 Å². The van der Waals surface area contributed by atoms with Crippen LogP contribution < -0.4 is 0 Å². The zero-order valence-corrected chi connectivity index (χ0v) is 10.2. The van der Waals surface area contributed by atoms with Crippen molar-refractivity contribution in [3.63, 3.8) is 0 Å². The van der Waals surface area contributed by atoms with Gasteiger partial charge in [0.25, 0.3) is 0 Å². The summed E-state index contributed by atoms with van der Waals surface area (Å²) in [6.07, 6.45) is 3.70. The summed E-state index contributed by atoms with van der Waals surface area (Å²) < 4.78 is 0. The minimum atomic E-state index is 0.856. The van der Waals surface area contributed by atoms with Gasteiger partial charge in [-0.05, 0) is 43.1 Å². The first-order chi connectivity index (χ1) is 8.31. The molecule has 0 amide bonds.